The first-order chi connectivity index (χ1) is 8.61. The Morgan fingerprint density at radius 2 is 2.22 bits per heavy atom. The van der Waals surface area contributed by atoms with Crippen molar-refractivity contribution >= 4 is 27.5 Å². The van der Waals surface area contributed by atoms with Gasteiger partial charge in [0.2, 0.25) is 0 Å². The first-order valence-corrected chi connectivity index (χ1v) is 7.92. The average Bonchev–Trinajstić information content (AvgIpc) is 2.41. The third kappa shape index (κ3) is 3.28. The summed E-state index contributed by atoms with van der Waals surface area (Å²) >= 11 is 9.54. The van der Waals surface area contributed by atoms with Gasteiger partial charge in [-0.3, -0.25) is 0 Å². The van der Waals surface area contributed by atoms with Gasteiger partial charge in [-0.2, -0.15) is 0 Å². The van der Waals surface area contributed by atoms with Crippen molar-refractivity contribution in [3.63, 3.8) is 0 Å². The van der Waals surface area contributed by atoms with Crippen molar-refractivity contribution < 1.29 is 5.11 Å². The van der Waals surface area contributed by atoms with Gasteiger partial charge < -0.3 is 5.11 Å². The minimum Gasteiger partial charge on any atom is -0.388 e. The summed E-state index contributed by atoms with van der Waals surface area (Å²) < 4.78 is 0.957. The van der Waals surface area contributed by atoms with Crippen LogP contribution in [-0.2, 0) is 0 Å². The van der Waals surface area contributed by atoms with Gasteiger partial charge in [0.1, 0.15) is 0 Å². The Morgan fingerprint density at radius 3 is 2.94 bits per heavy atom. The molecule has 3 unspecified atom stereocenters. The van der Waals surface area contributed by atoms with Crippen molar-refractivity contribution in [3.8, 4) is 0 Å². The molecule has 1 aliphatic carbocycles. The van der Waals surface area contributed by atoms with E-state index in [-0.39, 0.29) is 0 Å². The highest BCUT2D eigenvalue weighted by atomic mass is 79.9. The lowest BCUT2D eigenvalue weighted by Crippen LogP contribution is -2.21. The lowest BCUT2D eigenvalue weighted by Gasteiger charge is -2.32. The van der Waals surface area contributed by atoms with E-state index in [1.807, 2.05) is 18.2 Å². The highest BCUT2D eigenvalue weighted by Crippen LogP contribution is 2.40. The minimum atomic E-state index is -0.396. The summed E-state index contributed by atoms with van der Waals surface area (Å²) in [4.78, 5) is 0. The molecule has 0 aromatic heterocycles. The fourth-order valence-corrected chi connectivity index (χ4v) is 3.65. The van der Waals surface area contributed by atoms with Gasteiger partial charge in [0, 0.05) is 9.50 Å². The number of hydrogen-bond acceptors (Lipinski definition) is 1. The molecule has 0 spiro atoms. The summed E-state index contributed by atoms with van der Waals surface area (Å²) in [6.07, 6.45) is 5.63. The molecule has 0 radical (unpaired) electrons. The molecule has 1 fully saturated rings. The van der Waals surface area contributed by atoms with Gasteiger partial charge in [-0.05, 0) is 48.4 Å². The number of hydrogen-bond donors (Lipinski definition) is 1. The summed E-state index contributed by atoms with van der Waals surface area (Å²) in [6.45, 7) is 2.24. The van der Waals surface area contributed by atoms with Crippen LogP contribution in [0.3, 0.4) is 0 Å². The van der Waals surface area contributed by atoms with Crippen LogP contribution in [0, 0.1) is 11.8 Å². The largest absolute Gasteiger partial charge is 0.388 e. The van der Waals surface area contributed by atoms with Crippen molar-refractivity contribution in [2.75, 3.05) is 0 Å². The summed E-state index contributed by atoms with van der Waals surface area (Å²) in [5, 5.41) is 11.3. The van der Waals surface area contributed by atoms with Crippen LogP contribution in [0.4, 0.5) is 0 Å². The molecule has 1 saturated carbocycles. The monoisotopic (exact) mass is 330 g/mol. The molecule has 1 N–H and O–H groups in total. The Balaban J connectivity index is 2.14. The van der Waals surface area contributed by atoms with Crippen molar-refractivity contribution in [2.24, 2.45) is 11.8 Å². The topological polar surface area (TPSA) is 20.2 Å². The standard InChI is InChI=1S/C15H20BrClO/c1-2-10-4-3-5-11(8-10)15(18)13-9-12(17)6-7-14(13)16/h6-7,9-11,15,18H,2-5,8H2,1H3. The maximum absolute atomic E-state index is 10.6. The second kappa shape index (κ2) is 6.40. The normalized spacial score (nSPS) is 26.0. The maximum Gasteiger partial charge on any atom is 0.0829 e. The maximum atomic E-state index is 10.6. The smallest absolute Gasteiger partial charge is 0.0829 e. The fraction of sp³-hybridized carbons (Fsp3) is 0.600. The molecular weight excluding hydrogens is 312 g/mol. The van der Waals surface area contributed by atoms with Gasteiger partial charge in [0.15, 0.2) is 0 Å². The Kier molecular flexibility index (Phi) is 5.11. The quantitative estimate of drug-likeness (QED) is 0.791. The second-order valence-electron chi connectivity index (χ2n) is 5.31. The van der Waals surface area contributed by atoms with E-state index in [0.717, 1.165) is 28.8 Å². The third-order valence-electron chi connectivity index (χ3n) is 4.12. The lowest BCUT2D eigenvalue weighted by atomic mass is 9.76. The average molecular weight is 332 g/mol. The second-order valence-corrected chi connectivity index (χ2v) is 6.60. The number of aliphatic hydroxyl groups excluding tert-OH is 1. The molecule has 0 aliphatic heterocycles. The molecule has 0 amide bonds. The van der Waals surface area contributed by atoms with E-state index in [1.54, 1.807) is 0 Å². The van der Waals surface area contributed by atoms with Crippen molar-refractivity contribution in [3.05, 3.63) is 33.3 Å². The van der Waals surface area contributed by atoms with Crippen molar-refractivity contribution in [1.82, 2.24) is 0 Å². The molecule has 0 heterocycles. The van der Waals surface area contributed by atoms with E-state index in [4.69, 9.17) is 11.6 Å². The molecule has 18 heavy (non-hydrogen) atoms. The summed E-state index contributed by atoms with van der Waals surface area (Å²) in [7, 11) is 0. The molecule has 2 rings (SSSR count). The van der Waals surface area contributed by atoms with E-state index in [9.17, 15) is 5.11 Å². The van der Waals surface area contributed by atoms with Crippen molar-refractivity contribution in [1.29, 1.82) is 0 Å². The Labute approximate surface area is 123 Å². The Morgan fingerprint density at radius 1 is 1.44 bits per heavy atom. The first kappa shape index (κ1) is 14.4. The molecule has 1 aromatic rings. The van der Waals surface area contributed by atoms with Gasteiger partial charge >= 0.3 is 0 Å². The van der Waals surface area contributed by atoms with Crippen LogP contribution in [0.25, 0.3) is 0 Å². The molecule has 0 saturated heterocycles. The fourth-order valence-electron chi connectivity index (χ4n) is 2.99. The number of benzene rings is 1. The summed E-state index contributed by atoms with van der Waals surface area (Å²) in [5.74, 6) is 1.15. The zero-order valence-corrected chi connectivity index (χ0v) is 13.0. The van der Waals surface area contributed by atoms with Crippen LogP contribution in [0.15, 0.2) is 22.7 Å². The van der Waals surface area contributed by atoms with E-state index in [0.29, 0.717) is 10.9 Å². The van der Waals surface area contributed by atoms with E-state index >= 15 is 0 Å². The van der Waals surface area contributed by atoms with Crippen LogP contribution >= 0.6 is 27.5 Å². The molecule has 1 nitrogen and oxygen atoms in total. The highest BCUT2D eigenvalue weighted by Gasteiger charge is 2.28. The highest BCUT2D eigenvalue weighted by molar-refractivity contribution is 9.10. The Hall–Kier alpha value is -0.0500. The minimum absolute atomic E-state index is 0.374. The van der Waals surface area contributed by atoms with Crippen LogP contribution in [0.2, 0.25) is 5.02 Å². The van der Waals surface area contributed by atoms with Crippen LogP contribution in [0.1, 0.15) is 50.7 Å². The molecular formula is C15H20BrClO. The molecule has 1 aromatic carbocycles. The summed E-state index contributed by atoms with van der Waals surface area (Å²) in [5.41, 5.74) is 0.934. The first-order valence-electron chi connectivity index (χ1n) is 6.74. The molecule has 100 valence electrons. The molecule has 0 bridgehead atoms. The molecule has 1 aliphatic rings. The Bertz CT molecular complexity index is 407. The van der Waals surface area contributed by atoms with E-state index in [2.05, 4.69) is 22.9 Å². The zero-order valence-electron chi connectivity index (χ0n) is 10.7. The predicted molar refractivity (Wildman–Crippen MR) is 79.9 cm³/mol. The van der Waals surface area contributed by atoms with Gasteiger partial charge in [-0.15, -0.1) is 0 Å². The third-order valence-corrected chi connectivity index (χ3v) is 5.08. The molecule has 3 heteroatoms. The molecule has 3 atom stereocenters. The zero-order chi connectivity index (χ0) is 13.1. The SMILES string of the molecule is CCC1CCCC(C(O)c2cc(Cl)ccc2Br)C1. The van der Waals surface area contributed by atoms with E-state index < -0.39 is 6.10 Å². The van der Waals surface area contributed by atoms with Crippen LogP contribution in [-0.4, -0.2) is 5.11 Å². The number of rotatable bonds is 3. The predicted octanol–water partition coefficient (Wildman–Crippen LogP) is 5.35. The van der Waals surface area contributed by atoms with Gasteiger partial charge in [0.25, 0.3) is 0 Å². The lowest BCUT2D eigenvalue weighted by molar-refractivity contribution is 0.0673. The van der Waals surface area contributed by atoms with Crippen LogP contribution < -0.4 is 0 Å². The summed E-state index contributed by atoms with van der Waals surface area (Å²) in [6, 6.07) is 5.64. The van der Waals surface area contributed by atoms with Gasteiger partial charge in [0.05, 0.1) is 6.10 Å². The van der Waals surface area contributed by atoms with Crippen molar-refractivity contribution in [2.45, 2.75) is 45.1 Å². The van der Waals surface area contributed by atoms with Gasteiger partial charge in [-0.1, -0.05) is 53.7 Å². The van der Waals surface area contributed by atoms with Gasteiger partial charge in [-0.25, -0.2) is 0 Å². The van der Waals surface area contributed by atoms with Crippen LogP contribution in [0.5, 0.6) is 0 Å². The number of aliphatic hydroxyl groups is 1. The number of halogens is 2. The van der Waals surface area contributed by atoms with E-state index in [1.165, 1.54) is 19.3 Å².